The molecule has 0 bridgehead atoms. The van der Waals surface area contributed by atoms with Gasteiger partial charge in [-0.2, -0.15) is 0 Å². The number of hydrogen-bond donors (Lipinski definition) is 1. The van der Waals surface area contributed by atoms with Crippen molar-refractivity contribution in [3.8, 4) is 5.75 Å². The third-order valence-electron chi connectivity index (χ3n) is 4.10. The van der Waals surface area contributed by atoms with E-state index in [1.54, 1.807) is 24.3 Å². The van der Waals surface area contributed by atoms with Crippen LogP contribution in [0, 0.1) is 0 Å². The minimum absolute atomic E-state index is 0.300. The molecule has 0 heterocycles. The lowest BCUT2D eigenvalue weighted by molar-refractivity contribution is 0.0947. The van der Waals surface area contributed by atoms with E-state index < -0.39 is 10.0 Å². The highest BCUT2D eigenvalue weighted by Crippen LogP contribution is 2.21. The van der Waals surface area contributed by atoms with E-state index in [4.69, 9.17) is 4.74 Å². The number of amides is 1. The lowest BCUT2D eigenvalue weighted by Gasteiger charge is -2.19. The van der Waals surface area contributed by atoms with Crippen molar-refractivity contribution in [3.63, 3.8) is 0 Å². The number of sulfonamides is 1. The summed E-state index contributed by atoms with van der Waals surface area (Å²) in [5.41, 5.74) is 1.91. The Hall–Kier alpha value is -2.54. The number of anilines is 1. The molecule has 0 aromatic heterocycles. The van der Waals surface area contributed by atoms with Gasteiger partial charge >= 0.3 is 0 Å². The number of benzene rings is 2. The topological polar surface area (TPSA) is 75.7 Å². The SMILES string of the molecule is CCCc1ccc(OCCNC(=O)c2ccccc2N(C)S(C)(=O)=O)cc1. The van der Waals surface area contributed by atoms with Gasteiger partial charge in [0.25, 0.3) is 5.91 Å². The van der Waals surface area contributed by atoms with E-state index in [0.717, 1.165) is 29.2 Å². The molecule has 0 saturated heterocycles. The molecule has 27 heavy (non-hydrogen) atoms. The van der Waals surface area contributed by atoms with Crippen molar-refractivity contribution in [1.29, 1.82) is 0 Å². The molecular weight excluding hydrogens is 364 g/mol. The Balaban J connectivity index is 1.91. The lowest BCUT2D eigenvalue weighted by Crippen LogP contribution is -2.31. The molecule has 0 fully saturated rings. The van der Waals surface area contributed by atoms with Gasteiger partial charge in [-0.25, -0.2) is 8.42 Å². The van der Waals surface area contributed by atoms with Crippen LogP contribution in [0.1, 0.15) is 29.3 Å². The number of nitrogens with zero attached hydrogens (tertiary/aromatic N) is 1. The van der Waals surface area contributed by atoms with Gasteiger partial charge in [-0.15, -0.1) is 0 Å². The molecule has 0 aliphatic rings. The van der Waals surface area contributed by atoms with E-state index in [-0.39, 0.29) is 5.91 Å². The van der Waals surface area contributed by atoms with Crippen LogP contribution in [-0.2, 0) is 16.4 Å². The number of nitrogens with one attached hydrogen (secondary N) is 1. The van der Waals surface area contributed by atoms with E-state index >= 15 is 0 Å². The predicted molar refractivity (Wildman–Crippen MR) is 108 cm³/mol. The summed E-state index contributed by atoms with van der Waals surface area (Å²) >= 11 is 0. The zero-order valence-electron chi connectivity index (χ0n) is 15.9. The molecule has 7 heteroatoms. The summed E-state index contributed by atoms with van der Waals surface area (Å²) in [6.45, 7) is 2.77. The zero-order chi connectivity index (χ0) is 19.9. The molecule has 1 amide bonds. The minimum Gasteiger partial charge on any atom is -0.492 e. The molecule has 2 rings (SSSR count). The quantitative estimate of drug-likeness (QED) is 0.668. The summed E-state index contributed by atoms with van der Waals surface area (Å²) in [7, 11) is -2.03. The van der Waals surface area contributed by atoms with Gasteiger partial charge in [0.15, 0.2) is 0 Å². The summed E-state index contributed by atoms with van der Waals surface area (Å²) in [4.78, 5) is 12.4. The Bertz CT molecular complexity index is 864. The van der Waals surface area contributed by atoms with E-state index in [1.807, 2.05) is 24.3 Å². The van der Waals surface area contributed by atoms with Gasteiger partial charge in [0, 0.05) is 7.05 Å². The van der Waals surface area contributed by atoms with Gasteiger partial charge in [0.2, 0.25) is 10.0 Å². The van der Waals surface area contributed by atoms with Crippen LogP contribution in [-0.4, -0.2) is 40.8 Å². The Morgan fingerprint density at radius 2 is 1.78 bits per heavy atom. The molecule has 0 radical (unpaired) electrons. The Morgan fingerprint density at radius 3 is 2.41 bits per heavy atom. The molecule has 146 valence electrons. The fourth-order valence-electron chi connectivity index (χ4n) is 2.59. The standard InChI is InChI=1S/C20H26N2O4S/c1-4-7-16-10-12-17(13-11-16)26-15-14-21-20(23)18-8-5-6-9-19(18)22(2)27(3,24)25/h5-6,8-13H,4,7,14-15H2,1-3H3,(H,21,23). The summed E-state index contributed by atoms with van der Waals surface area (Å²) in [6, 6.07) is 14.5. The van der Waals surface area contributed by atoms with Crippen LogP contribution in [0.25, 0.3) is 0 Å². The van der Waals surface area contributed by atoms with Crippen LogP contribution in [0.2, 0.25) is 0 Å². The molecule has 0 spiro atoms. The van der Waals surface area contributed by atoms with E-state index in [9.17, 15) is 13.2 Å². The normalized spacial score (nSPS) is 11.1. The summed E-state index contributed by atoms with van der Waals surface area (Å²) in [6.07, 6.45) is 3.24. The fraction of sp³-hybridized carbons (Fsp3) is 0.350. The molecule has 2 aromatic carbocycles. The summed E-state index contributed by atoms with van der Waals surface area (Å²) < 4.78 is 30.3. The first-order valence-electron chi connectivity index (χ1n) is 8.85. The summed E-state index contributed by atoms with van der Waals surface area (Å²) in [5, 5.41) is 2.76. The lowest BCUT2D eigenvalue weighted by atomic mass is 10.1. The van der Waals surface area contributed by atoms with Crippen molar-refractivity contribution in [2.45, 2.75) is 19.8 Å². The number of aryl methyl sites for hydroxylation is 1. The highest BCUT2D eigenvalue weighted by atomic mass is 32.2. The van der Waals surface area contributed by atoms with Crippen LogP contribution in [0.3, 0.4) is 0 Å². The molecular formula is C20H26N2O4S. The fourth-order valence-corrected chi connectivity index (χ4v) is 3.11. The van der Waals surface area contributed by atoms with Crippen LogP contribution in [0.5, 0.6) is 5.75 Å². The Labute approximate surface area is 161 Å². The van der Waals surface area contributed by atoms with Crippen LogP contribution in [0.15, 0.2) is 48.5 Å². The molecule has 2 aromatic rings. The Kier molecular flexibility index (Phi) is 7.24. The van der Waals surface area contributed by atoms with E-state index in [0.29, 0.717) is 24.4 Å². The average Bonchev–Trinajstić information content (AvgIpc) is 2.65. The van der Waals surface area contributed by atoms with Crippen molar-refractivity contribution < 1.29 is 17.9 Å². The minimum atomic E-state index is -3.45. The molecule has 0 aliphatic carbocycles. The van der Waals surface area contributed by atoms with Crippen LogP contribution < -0.4 is 14.4 Å². The first kappa shape index (κ1) is 20.8. The highest BCUT2D eigenvalue weighted by molar-refractivity contribution is 7.92. The molecule has 0 atom stereocenters. The first-order valence-corrected chi connectivity index (χ1v) is 10.7. The average molecular weight is 391 g/mol. The van der Waals surface area contributed by atoms with Crippen molar-refractivity contribution in [2.75, 3.05) is 30.8 Å². The van der Waals surface area contributed by atoms with Gasteiger partial charge in [-0.1, -0.05) is 37.6 Å². The second-order valence-electron chi connectivity index (χ2n) is 6.25. The van der Waals surface area contributed by atoms with Gasteiger partial charge < -0.3 is 10.1 Å². The van der Waals surface area contributed by atoms with Crippen LogP contribution in [0.4, 0.5) is 5.69 Å². The third kappa shape index (κ3) is 5.99. The van der Waals surface area contributed by atoms with Gasteiger partial charge in [0.1, 0.15) is 12.4 Å². The molecule has 0 saturated carbocycles. The molecule has 6 nitrogen and oxygen atoms in total. The second kappa shape index (κ2) is 9.41. The highest BCUT2D eigenvalue weighted by Gasteiger charge is 2.19. The monoisotopic (exact) mass is 390 g/mol. The number of carbonyl (C=O) groups excluding carboxylic acids is 1. The van der Waals surface area contributed by atoms with Crippen molar-refractivity contribution in [3.05, 3.63) is 59.7 Å². The maximum absolute atomic E-state index is 12.4. The van der Waals surface area contributed by atoms with Crippen molar-refractivity contribution >= 4 is 21.6 Å². The van der Waals surface area contributed by atoms with Crippen LogP contribution >= 0.6 is 0 Å². The number of ether oxygens (including phenoxy) is 1. The van der Waals surface area contributed by atoms with E-state index in [1.165, 1.54) is 12.6 Å². The molecule has 1 N–H and O–H groups in total. The van der Waals surface area contributed by atoms with Gasteiger partial charge in [-0.05, 0) is 36.2 Å². The molecule has 0 unspecified atom stereocenters. The Morgan fingerprint density at radius 1 is 1.11 bits per heavy atom. The van der Waals surface area contributed by atoms with Gasteiger partial charge in [-0.3, -0.25) is 9.10 Å². The number of rotatable bonds is 9. The largest absolute Gasteiger partial charge is 0.492 e. The number of carbonyl (C=O) groups is 1. The zero-order valence-corrected chi connectivity index (χ0v) is 16.8. The smallest absolute Gasteiger partial charge is 0.253 e. The predicted octanol–water partition coefficient (Wildman–Crippen LogP) is 2.84. The second-order valence-corrected chi connectivity index (χ2v) is 8.26. The maximum atomic E-state index is 12.4. The number of para-hydroxylation sites is 1. The summed E-state index contributed by atoms with van der Waals surface area (Å²) in [5.74, 6) is 0.407. The number of hydrogen-bond acceptors (Lipinski definition) is 4. The molecule has 0 aliphatic heterocycles. The van der Waals surface area contributed by atoms with Gasteiger partial charge in [0.05, 0.1) is 24.1 Å². The van der Waals surface area contributed by atoms with Crippen molar-refractivity contribution in [2.24, 2.45) is 0 Å². The maximum Gasteiger partial charge on any atom is 0.253 e. The first-order chi connectivity index (χ1) is 12.8. The van der Waals surface area contributed by atoms with Crippen molar-refractivity contribution in [1.82, 2.24) is 5.32 Å². The third-order valence-corrected chi connectivity index (χ3v) is 5.30. The van der Waals surface area contributed by atoms with E-state index in [2.05, 4.69) is 12.2 Å².